The molecule has 0 saturated heterocycles. The van der Waals surface area contributed by atoms with Gasteiger partial charge in [0.05, 0.1) is 12.1 Å². The molecule has 0 aliphatic heterocycles. The normalized spacial score (nSPS) is 28.9. The van der Waals surface area contributed by atoms with Gasteiger partial charge in [-0.15, -0.1) is 0 Å². The molecule has 1 saturated carbocycles. The molecule has 0 aromatic rings. The Bertz CT molecular complexity index is 217. The van der Waals surface area contributed by atoms with Crippen LogP contribution in [0.25, 0.3) is 0 Å². The smallest absolute Gasteiger partial charge is 0.183 e. The number of nitrogens with zero attached hydrogens (tertiary/aromatic N) is 2. The van der Waals surface area contributed by atoms with Crippen LogP contribution in [-0.2, 0) is 0 Å². The summed E-state index contributed by atoms with van der Waals surface area (Å²) in [4.78, 5) is 4.23. The van der Waals surface area contributed by atoms with Gasteiger partial charge in [0, 0.05) is 0 Å². The van der Waals surface area contributed by atoms with E-state index in [9.17, 15) is 0 Å². The Hall–Kier alpha value is -0.730. The Morgan fingerprint density at radius 2 is 2.42 bits per heavy atom. The van der Waals surface area contributed by atoms with Gasteiger partial charge in [0.1, 0.15) is 0 Å². The third-order valence-corrected chi connectivity index (χ3v) is 2.34. The quantitative estimate of drug-likeness (QED) is 0.267. The van der Waals surface area contributed by atoms with E-state index in [4.69, 9.17) is 10.4 Å². The highest BCUT2D eigenvalue weighted by atomic mass is 32.2. The van der Waals surface area contributed by atoms with E-state index in [0.717, 1.165) is 12.8 Å². The summed E-state index contributed by atoms with van der Waals surface area (Å²) >= 11 is 1.41. The number of thioether (sulfide) groups is 1. The van der Waals surface area contributed by atoms with Crippen LogP contribution in [0.3, 0.4) is 0 Å². The fraction of sp³-hybridized carbons (Fsp3) is 0.714. The largest absolute Gasteiger partial charge is 0.393 e. The predicted molar refractivity (Wildman–Crippen MR) is 48.7 cm³/mol. The summed E-state index contributed by atoms with van der Waals surface area (Å²) in [6.07, 6.45) is 4.93. The van der Waals surface area contributed by atoms with Crippen molar-refractivity contribution in [3.05, 3.63) is 0 Å². The second kappa shape index (κ2) is 4.33. The van der Waals surface area contributed by atoms with Gasteiger partial charge in [0.15, 0.2) is 11.4 Å². The summed E-state index contributed by atoms with van der Waals surface area (Å²) in [7, 11) is 0. The first-order chi connectivity index (χ1) is 5.76. The Morgan fingerprint density at radius 1 is 1.75 bits per heavy atom. The molecule has 0 spiro atoms. The van der Waals surface area contributed by atoms with E-state index in [1.54, 1.807) is 0 Å². The highest BCUT2D eigenvalue weighted by Gasteiger charge is 2.26. The predicted octanol–water partition coefficient (Wildman–Crippen LogP) is 0.299. The number of aliphatic hydroxyl groups is 1. The van der Waals surface area contributed by atoms with Crippen LogP contribution in [0.15, 0.2) is 4.99 Å². The number of amidine groups is 1. The SMILES string of the molecule is CSC(=NC1CC(O)C1)NC#N. The highest BCUT2D eigenvalue weighted by Crippen LogP contribution is 2.23. The molecule has 0 aromatic heterocycles. The zero-order valence-electron chi connectivity index (χ0n) is 6.82. The van der Waals surface area contributed by atoms with Gasteiger partial charge in [-0.2, -0.15) is 5.26 Å². The first kappa shape index (κ1) is 9.36. The Labute approximate surface area is 75.7 Å². The van der Waals surface area contributed by atoms with Gasteiger partial charge in [-0.05, 0) is 19.1 Å². The lowest BCUT2D eigenvalue weighted by Gasteiger charge is -2.28. The zero-order chi connectivity index (χ0) is 8.97. The lowest BCUT2D eigenvalue weighted by atomic mass is 9.90. The lowest BCUT2D eigenvalue weighted by molar-refractivity contribution is 0.0779. The van der Waals surface area contributed by atoms with E-state index in [1.165, 1.54) is 11.8 Å². The molecule has 2 N–H and O–H groups in total. The Balaban J connectivity index is 2.38. The van der Waals surface area contributed by atoms with Crippen molar-refractivity contribution < 1.29 is 5.11 Å². The molecule has 1 fully saturated rings. The fourth-order valence-electron chi connectivity index (χ4n) is 1.01. The van der Waals surface area contributed by atoms with Crippen LogP contribution in [0.1, 0.15) is 12.8 Å². The van der Waals surface area contributed by atoms with Crippen LogP contribution >= 0.6 is 11.8 Å². The van der Waals surface area contributed by atoms with Gasteiger partial charge >= 0.3 is 0 Å². The second-order valence-corrected chi connectivity index (χ2v) is 3.45. The van der Waals surface area contributed by atoms with Crippen LogP contribution in [0.2, 0.25) is 0 Å². The van der Waals surface area contributed by atoms with Crippen LogP contribution in [0.4, 0.5) is 0 Å². The summed E-state index contributed by atoms with van der Waals surface area (Å²) in [5.41, 5.74) is 0. The number of hydrogen-bond donors (Lipinski definition) is 2. The fourth-order valence-corrected chi connectivity index (χ4v) is 1.42. The molecule has 1 aliphatic carbocycles. The van der Waals surface area contributed by atoms with E-state index in [1.807, 2.05) is 12.4 Å². The molecule has 0 aromatic carbocycles. The molecule has 0 heterocycles. The molecule has 12 heavy (non-hydrogen) atoms. The molecule has 0 amide bonds. The maximum atomic E-state index is 8.97. The topological polar surface area (TPSA) is 68.4 Å². The summed E-state index contributed by atoms with van der Waals surface area (Å²) in [5, 5.41) is 20.4. The van der Waals surface area contributed by atoms with Crippen molar-refractivity contribution in [3.63, 3.8) is 0 Å². The third kappa shape index (κ3) is 2.40. The van der Waals surface area contributed by atoms with E-state index >= 15 is 0 Å². The molecule has 0 atom stereocenters. The van der Waals surface area contributed by atoms with Crippen molar-refractivity contribution in [2.75, 3.05) is 6.26 Å². The number of nitrogens with one attached hydrogen (secondary N) is 1. The van der Waals surface area contributed by atoms with Crippen molar-refractivity contribution in [1.29, 1.82) is 5.26 Å². The monoisotopic (exact) mass is 185 g/mol. The minimum absolute atomic E-state index is 0.191. The second-order valence-electron chi connectivity index (χ2n) is 2.65. The molecule has 0 bridgehead atoms. The van der Waals surface area contributed by atoms with Crippen molar-refractivity contribution >= 4 is 16.9 Å². The van der Waals surface area contributed by atoms with Gasteiger partial charge in [0.25, 0.3) is 0 Å². The van der Waals surface area contributed by atoms with E-state index in [-0.39, 0.29) is 12.1 Å². The van der Waals surface area contributed by atoms with Crippen LogP contribution in [0.5, 0.6) is 0 Å². The third-order valence-electron chi connectivity index (χ3n) is 1.74. The van der Waals surface area contributed by atoms with Crippen LogP contribution in [-0.4, -0.2) is 28.7 Å². The van der Waals surface area contributed by atoms with Gasteiger partial charge in [-0.1, -0.05) is 11.8 Å². The maximum absolute atomic E-state index is 8.97. The van der Waals surface area contributed by atoms with Crippen LogP contribution < -0.4 is 5.32 Å². The van der Waals surface area contributed by atoms with Gasteiger partial charge in [-0.25, -0.2) is 0 Å². The molecule has 1 aliphatic rings. The van der Waals surface area contributed by atoms with Crippen LogP contribution in [0, 0.1) is 11.5 Å². The molecule has 0 radical (unpaired) electrons. The maximum Gasteiger partial charge on any atom is 0.183 e. The molecular formula is C7H11N3OS. The number of hydrogen-bond acceptors (Lipinski definition) is 4. The molecular weight excluding hydrogens is 174 g/mol. The molecule has 5 heteroatoms. The van der Waals surface area contributed by atoms with Crippen molar-refractivity contribution in [2.24, 2.45) is 4.99 Å². The Kier molecular flexibility index (Phi) is 3.38. The van der Waals surface area contributed by atoms with Gasteiger partial charge in [-0.3, -0.25) is 10.3 Å². The lowest BCUT2D eigenvalue weighted by Crippen LogP contribution is -2.33. The minimum atomic E-state index is -0.191. The summed E-state index contributed by atoms with van der Waals surface area (Å²) in [6, 6.07) is 0.197. The average Bonchev–Trinajstić information content (AvgIpc) is 2.00. The first-order valence-electron chi connectivity index (χ1n) is 3.71. The first-order valence-corrected chi connectivity index (χ1v) is 4.93. The van der Waals surface area contributed by atoms with Crippen molar-refractivity contribution in [3.8, 4) is 6.19 Å². The number of rotatable bonds is 1. The van der Waals surface area contributed by atoms with Gasteiger partial charge in [0.2, 0.25) is 0 Å². The van der Waals surface area contributed by atoms with Gasteiger partial charge < -0.3 is 5.11 Å². The van der Waals surface area contributed by atoms with E-state index < -0.39 is 0 Å². The number of nitriles is 1. The summed E-state index contributed by atoms with van der Waals surface area (Å²) < 4.78 is 0. The average molecular weight is 185 g/mol. The summed E-state index contributed by atoms with van der Waals surface area (Å²) in [6.45, 7) is 0. The molecule has 0 unspecified atom stereocenters. The number of aliphatic hydroxyl groups excluding tert-OH is 1. The van der Waals surface area contributed by atoms with Crippen molar-refractivity contribution in [2.45, 2.75) is 25.0 Å². The molecule has 66 valence electrons. The molecule has 1 rings (SSSR count). The zero-order valence-corrected chi connectivity index (χ0v) is 7.64. The standard InChI is InChI=1S/C7H11N3OS/c1-12-7(9-4-8)10-5-2-6(11)3-5/h5-6,11H,2-3H2,1H3,(H,9,10). The summed E-state index contributed by atoms with van der Waals surface area (Å²) in [5.74, 6) is 0. The van der Waals surface area contributed by atoms with E-state index in [2.05, 4.69) is 10.3 Å². The number of aliphatic imine (C=N–C) groups is 1. The van der Waals surface area contributed by atoms with Crippen molar-refractivity contribution in [1.82, 2.24) is 5.32 Å². The highest BCUT2D eigenvalue weighted by molar-refractivity contribution is 8.13. The Morgan fingerprint density at radius 3 is 2.83 bits per heavy atom. The molecule has 4 nitrogen and oxygen atoms in total. The minimum Gasteiger partial charge on any atom is -0.393 e. The van der Waals surface area contributed by atoms with E-state index in [0.29, 0.717) is 5.17 Å².